The van der Waals surface area contributed by atoms with E-state index in [1.165, 1.54) is 36.2 Å². The van der Waals surface area contributed by atoms with E-state index < -0.39 is 53.8 Å². The second-order valence-corrected chi connectivity index (χ2v) is 13.3. The normalized spacial score (nSPS) is 23.4. The first kappa shape index (κ1) is 34.6. The van der Waals surface area contributed by atoms with Crippen LogP contribution in [0.4, 0.5) is 23.7 Å². The van der Waals surface area contributed by atoms with Crippen LogP contribution < -0.4 is 10.5 Å². The van der Waals surface area contributed by atoms with Crippen molar-refractivity contribution in [3.63, 3.8) is 0 Å². The lowest BCUT2D eigenvalue weighted by molar-refractivity contribution is -0.276. The van der Waals surface area contributed by atoms with Gasteiger partial charge in [0.05, 0.1) is 13.2 Å². The summed E-state index contributed by atoms with van der Waals surface area (Å²) in [7, 11) is 1.49. The molecule has 3 aromatic carbocycles. The molecule has 252 valence electrons. The Bertz CT molecular complexity index is 1510. The predicted octanol–water partition coefficient (Wildman–Crippen LogP) is 6.81. The van der Waals surface area contributed by atoms with E-state index in [1.807, 2.05) is 60.7 Å². The molecule has 0 spiro atoms. The van der Waals surface area contributed by atoms with Crippen molar-refractivity contribution < 1.29 is 41.7 Å². The van der Waals surface area contributed by atoms with E-state index in [4.69, 9.17) is 34.4 Å². The van der Waals surface area contributed by atoms with Crippen LogP contribution in [0.2, 0.25) is 0 Å². The van der Waals surface area contributed by atoms with Crippen LogP contribution in [0.25, 0.3) is 0 Å². The van der Waals surface area contributed by atoms with E-state index >= 15 is 0 Å². The first-order valence-corrected chi connectivity index (χ1v) is 15.9. The van der Waals surface area contributed by atoms with Crippen molar-refractivity contribution in [2.75, 3.05) is 12.8 Å². The SMILES string of the molecule is CN(C(=O)OC(C)(C)C)C1=N[C@@H]2[C@@H](OCc3ccccc3)[C@H](OCc3ccccc3)[C@@H]([C@H](Oc3ccc(N)cc3)C(F)(F)F)O[C@@H]2S1. The monoisotopic (exact) mass is 673 g/mol. The predicted molar refractivity (Wildman–Crippen MR) is 173 cm³/mol. The number of anilines is 1. The van der Waals surface area contributed by atoms with Crippen LogP contribution in [-0.2, 0) is 32.2 Å². The Labute approximate surface area is 276 Å². The molecule has 13 heteroatoms. The second kappa shape index (κ2) is 14.5. The molecule has 3 aromatic rings. The van der Waals surface area contributed by atoms with Crippen molar-refractivity contribution in [3.8, 4) is 5.75 Å². The van der Waals surface area contributed by atoms with Crippen LogP contribution in [0, 0.1) is 0 Å². The average molecular weight is 674 g/mol. The van der Waals surface area contributed by atoms with Crippen molar-refractivity contribution in [1.82, 2.24) is 4.90 Å². The summed E-state index contributed by atoms with van der Waals surface area (Å²) in [5.41, 5.74) is 5.95. The lowest BCUT2D eigenvalue weighted by Crippen LogP contribution is -2.63. The lowest BCUT2D eigenvalue weighted by atomic mass is 9.93. The minimum atomic E-state index is -4.88. The van der Waals surface area contributed by atoms with Crippen molar-refractivity contribution >= 4 is 28.7 Å². The van der Waals surface area contributed by atoms with Gasteiger partial charge in [-0.25, -0.2) is 4.79 Å². The summed E-state index contributed by atoms with van der Waals surface area (Å²) in [4.78, 5) is 18.9. The number of hydrogen-bond acceptors (Lipinski definition) is 9. The third kappa shape index (κ3) is 8.98. The summed E-state index contributed by atoms with van der Waals surface area (Å²) >= 11 is 1.02. The van der Waals surface area contributed by atoms with Gasteiger partial charge in [0.2, 0.25) is 6.10 Å². The average Bonchev–Trinajstić information content (AvgIpc) is 3.45. The van der Waals surface area contributed by atoms with Gasteiger partial charge < -0.3 is 29.4 Å². The standard InChI is InChI=1S/C34H38F3N3O6S/c1-33(2,3)46-32(41)40(4)31-39-25-26(42-19-21-11-7-5-8-12-21)27(43-20-22-13-9-6-10-14-22)28(45-30(25)47-31)29(34(35,36)37)44-24-17-15-23(38)16-18-24/h5-18,25-30H,19-20,38H2,1-4H3/t25-,26-,27+,28+,29+,30-/m1/s1. The summed E-state index contributed by atoms with van der Waals surface area (Å²) in [5, 5.41) is 0.216. The number of hydrogen-bond donors (Lipinski definition) is 1. The number of amides is 1. The van der Waals surface area contributed by atoms with Crippen molar-refractivity contribution in [3.05, 3.63) is 96.1 Å². The molecule has 9 nitrogen and oxygen atoms in total. The Morgan fingerprint density at radius 3 is 2.00 bits per heavy atom. The summed E-state index contributed by atoms with van der Waals surface area (Å²) in [6.07, 6.45) is -12.0. The number of rotatable bonds is 9. The number of nitrogen functional groups attached to an aromatic ring is 1. The van der Waals surface area contributed by atoms with Gasteiger partial charge in [-0.05, 0) is 56.2 Å². The Balaban J connectivity index is 1.53. The van der Waals surface area contributed by atoms with Gasteiger partial charge >= 0.3 is 12.3 Å². The van der Waals surface area contributed by atoms with Crippen molar-refractivity contribution in [2.45, 2.75) is 81.7 Å². The number of thioether (sulfide) groups is 1. The van der Waals surface area contributed by atoms with E-state index in [0.29, 0.717) is 5.69 Å². The molecule has 0 radical (unpaired) electrons. The third-order valence-electron chi connectivity index (χ3n) is 7.32. The molecule has 2 N–H and O–H groups in total. The molecule has 0 aliphatic carbocycles. The number of alkyl halides is 3. The van der Waals surface area contributed by atoms with E-state index in [2.05, 4.69) is 0 Å². The van der Waals surface area contributed by atoms with Gasteiger partial charge in [0.1, 0.15) is 41.1 Å². The number of benzene rings is 3. The van der Waals surface area contributed by atoms with Crippen molar-refractivity contribution in [1.29, 1.82) is 0 Å². The summed E-state index contributed by atoms with van der Waals surface area (Å²) in [6, 6.07) is 23.1. The van der Waals surface area contributed by atoms with Crippen LogP contribution in [0.1, 0.15) is 31.9 Å². The van der Waals surface area contributed by atoms with Crippen molar-refractivity contribution in [2.24, 2.45) is 4.99 Å². The fourth-order valence-electron chi connectivity index (χ4n) is 5.09. The molecule has 2 heterocycles. The zero-order chi connectivity index (χ0) is 33.8. The molecular formula is C34H38F3N3O6S. The maximum atomic E-state index is 15.0. The highest BCUT2D eigenvalue weighted by atomic mass is 32.2. The van der Waals surface area contributed by atoms with Gasteiger partial charge in [-0.15, -0.1) is 0 Å². The highest BCUT2D eigenvalue weighted by molar-refractivity contribution is 8.14. The van der Waals surface area contributed by atoms with E-state index in [0.717, 1.165) is 22.9 Å². The molecule has 2 aliphatic rings. The highest BCUT2D eigenvalue weighted by Gasteiger charge is 2.59. The second-order valence-electron chi connectivity index (χ2n) is 12.2. The Morgan fingerprint density at radius 2 is 1.47 bits per heavy atom. The number of ether oxygens (including phenoxy) is 5. The maximum Gasteiger partial charge on any atom is 0.428 e. The Kier molecular flexibility index (Phi) is 10.7. The van der Waals surface area contributed by atoms with Crippen LogP contribution in [0.5, 0.6) is 5.75 Å². The van der Waals surface area contributed by atoms with Gasteiger partial charge in [0.15, 0.2) is 5.17 Å². The Hall–Kier alpha value is -3.78. The molecule has 0 unspecified atom stereocenters. The molecule has 6 atom stereocenters. The number of nitrogens with two attached hydrogens (primary N) is 1. The molecule has 1 fully saturated rings. The number of amidine groups is 1. The van der Waals surface area contributed by atoms with Crippen LogP contribution >= 0.6 is 11.8 Å². The van der Waals surface area contributed by atoms with E-state index in [9.17, 15) is 18.0 Å². The number of carbonyl (C=O) groups is 1. The molecule has 1 amide bonds. The number of carbonyl (C=O) groups excluding carboxylic acids is 1. The van der Waals surface area contributed by atoms with Gasteiger partial charge in [-0.3, -0.25) is 9.89 Å². The highest BCUT2D eigenvalue weighted by Crippen LogP contribution is 2.44. The van der Waals surface area contributed by atoms with Crippen LogP contribution in [0.3, 0.4) is 0 Å². The quantitative estimate of drug-likeness (QED) is 0.247. The lowest BCUT2D eigenvalue weighted by Gasteiger charge is -2.45. The molecular weight excluding hydrogens is 635 g/mol. The maximum absolute atomic E-state index is 15.0. The number of nitrogens with zero attached hydrogens (tertiary/aromatic N) is 2. The van der Waals surface area contributed by atoms with Gasteiger partial charge in [0.25, 0.3) is 0 Å². The third-order valence-corrected chi connectivity index (χ3v) is 8.54. The largest absolute Gasteiger partial charge is 0.478 e. The zero-order valence-electron chi connectivity index (χ0n) is 26.4. The smallest absolute Gasteiger partial charge is 0.428 e. The molecule has 1 saturated heterocycles. The zero-order valence-corrected chi connectivity index (χ0v) is 27.2. The fraction of sp³-hybridized carbons (Fsp3) is 0.412. The summed E-state index contributed by atoms with van der Waals surface area (Å²) in [6.45, 7) is 5.24. The number of fused-ring (bicyclic) bond motifs is 1. The molecule has 47 heavy (non-hydrogen) atoms. The Morgan fingerprint density at radius 1 is 0.915 bits per heavy atom. The van der Waals surface area contributed by atoms with Crippen LogP contribution in [0.15, 0.2) is 89.9 Å². The van der Waals surface area contributed by atoms with E-state index in [1.54, 1.807) is 20.8 Å². The molecule has 0 bridgehead atoms. The topological polar surface area (TPSA) is 105 Å². The molecule has 0 aromatic heterocycles. The van der Waals surface area contributed by atoms with Crippen LogP contribution in [-0.4, -0.2) is 70.9 Å². The van der Waals surface area contributed by atoms with Gasteiger partial charge in [-0.1, -0.05) is 72.4 Å². The first-order valence-electron chi connectivity index (χ1n) is 15.0. The fourth-order valence-corrected chi connectivity index (χ4v) is 6.25. The van der Waals surface area contributed by atoms with Gasteiger partial charge in [0, 0.05) is 12.7 Å². The molecule has 2 aliphatic heterocycles. The van der Waals surface area contributed by atoms with Gasteiger partial charge in [-0.2, -0.15) is 13.2 Å². The first-order chi connectivity index (χ1) is 22.3. The molecule has 5 rings (SSSR count). The number of halogens is 3. The summed E-state index contributed by atoms with van der Waals surface area (Å²) in [5.74, 6) is -0.0449. The summed E-state index contributed by atoms with van der Waals surface area (Å²) < 4.78 is 75.0. The molecule has 0 saturated carbocycles. The minimum Gasteiger partial charge on any atom is -0.478 e. The van der Waals surface area contributed by atoms with E-state index in [-0.39, 0.29) is 24.1 Å². The number of aliphatic imine (C=N–C) groups is 1. The minimum absolute atomic E-state index is 0.0259.